The number of carbonyl (C=O) groups excluding carboxylic acids is 1. The van der Waals surface area contributed by atoms with Gasteiger partial charge in [-0.05, 0) is 57.5 Å². The molecule has 1 aromatic carbocycles. The Kier molecular flexibility index (Phi) is 5.87. The SMILES string of the molecule is CCN(Cc1cccc(F)c1)C(=O)c1ccc(S(=O)(=O)NC(C)(C)C)o1. The first-order valence-corrected chi connectivity index (χ1v) is 9.67. The summed E-state index contributed by atoms with van der Waals surface area (Å²) in [6.45, 7) is 7.44. The molecule has 1 aromatic heterocycles. The fourth-order valence-electron chi connectivity index (χ4n) is 2.37. The van der Waals surface area contributed by atoms with Crippen LogP contribution in [0.25, 0.3) is 0 Å². The van der Waals surface area contributed by atoms with E-state index in [-0.39, 0.29) is 23.2 Å². The number of hydrogen-bond donors (Lipinski definition) is 1. The third-order valence-electron chi connectivity index (χ3n) is 3.43. The van der Waals surface area contributed by atoms with Gasteiger partial charge in [-0.1, -0.05) is 12.1 Å². The van der Waals surface area contributed by atoms with Crippen molar-refractivity contribution in [2.75, 3.05) is 6.54 Å². The molecule has 2 rings (SSSR count). The number of furan rings is 1. The van der Waals surface area contributed by atoms with Crippen LogP contribution >= 0.6 is 0 Å². The van der Waals surface area contributed by atoms with Crippen LogP contribution < -0.4 is 4.72 Å². The molecule has 0 saturated carbocycles. The van der Waals surface area contributed by atoms with Gasteiger partial charge < -0.3 is 9.32 Å². The Hall–Kier alpha value is -2.19. The first-order valence-electron chi connectivity index (χ1n) is 8.19. The summed E-state index contributed by atoms with van der Waals surface area (Å²) >= 11 is 0. The summed E-state index contributed by atoms with van der Waals surface area (Å²) in [7, 11) is -3.86. The number of nitrogens with one attached hydrogen (secondary N) is 1. The molecule has 0 fully saturated rings. The van der Waals surface area contributed by atoms with E-state index in [9.17, 15) is 17.6 Å². The lowest BCUT2D eigenvalue weighted by Gasteiger charge is -2.20. The van der Waals surface area contributed by atoms with Gasteiger partial charge in [0.1, 0.15) is 5.82 Å². The Morgan fingerprint density at radius 2 is 1.92 bits per heavy atom. The molecule has 0 spiro atoms. The molecule has 0 bridgehead atoms. The van der Waals surface area contributed by atoms with E-state index in [4.69, 9.17) is 4.42 Å². The minimum absolute atomic E-state index is 0.0856. The van der Waals surface area contributed by atoms with Crippen molar-refractivity contribution in [3.05, 3.63) is 53.5 Å². The van der Waals surface area contributed by atoms with E-state index in [2.05, 4.69) is 4.72 Å². The van der Waals surface area contributed by atoms with Gasteiger partial charge in [-0.15, -0.1) is 0 Å². The number of rotatable bonds is 6. The predicted molar refractivity (Wildman–Crippen MR) is 95.6 cm³/mol. The Labute approximate surface area is 153 Å². The van der Waals surface area contributed by atoms with Crippen molar-refractivity contribution >= 4 is 15.9 Å². The molecule has 6 nitrogen and oxygen atoms in total. The highest BCUT2D eigenvalue weighted by molar-refractivity contribution is 7.89. The predicted octanol–water partition coefficient (Wildman–Crippen LogP) is 3.16. The summed E-state index contributed by atoms with van der Waals surface area (Å²) in [6.07, 6.45) is 0. The summed E-state index contributed by atoms with van der Waals surface area (Å²) in [4.78, 5) is 14.1. The molecule has 8 heteroatoms. The third kappa shape index (κ3) is 5.15. The van der Waals surface area contributed by atoms with Gasteiger partial charge in [0.05, 0.1) is 0 Å². The number of sulfonamides is 1. The lowest BCUT2D eigenvalue weighted by Crippen LogP contribution is -2.40. The molecule has 0 saturated heterocycles. The second-order valence-electron chi connectivity index (χ2n) is 6.92. The van der Waals surface area contributed by atoms with Crippen LogP contribution in [0.4, 0.5) is 4.39 Å². The number of carbonyl (C=O) groups is 1. The summed E-state index contributed by atoms with van der Waals surface area (Å²) in [6, 6.07) is 8.53. The second kappa shape index (κ2) is 7.59. The average Bonchev–Trinajstić information content (AvgIpc) is 3.00. The third-order valence-corrected chi connectivity index (χ3v) is 5.06. The molecule has 1 N–H and O–H groups in total. The molecule has 0 aliphatic rings. The first-order chi connectivity index (χ1) is 12.0. The zero-order valence-electron chi connectivity index (χ0n) is 15.2. The largest absolute Gasteiger partial charge is 0.438 e. The average molecular weight is 382 g/mol. The quantitative estimate of drug-likeness (QED) is 0.832. The maximum absolute atomic E-state index is 13.3. The molecule has 0 aliphatic carbocycles. The summed E-state index contributed by atoms with van der Waals surface area (Å²) < 4.78 is 45.6. The molecule has 1 amide bonds. The molecule has 2 aromatic rings. The van der Waals surface area contributed by atoms with Gasteiger partial charge in [0, 0.05) is 18.6 Å². The Bertz CT molecular complexity index is 885. The van der Waals surface area contributed by atoms with Crippen LogP contribution in [-0.4, -0.2) is 31.3 Å². The topological polar surface area (TPSA) is 79.6 Å². The minimum Gasteiger partial charge on any atom is -0.438 e. The monoisotopic (exact) mass is 382 g/mol. The van der Waals surface area contributed by atoms with Crippen molar-refractivity contribution in [3.8, 4) is 0 Å². The van der Waals surface area contributed by atoms with Gasteiger partial charge >= 0.3 is 0 Å². The van der Waals surface area contributed by atoms with Crippen molar-refractivity contribution in [2.45, 2.75) is 44.9 Å². The van der Waals surface area contributed by atoms with Crippen LogP contribution in [0.5, 0.6) is 0 Å². The first kappa shape index (κ1) is 20.1. The fourth-order valence-corrected chi connectivity index (χ4v) is 3.73. The highest BCUT2D eigenvalue weighted by Gasteiger charge is 2.27. The molecular formula is C18H23FN2O4S. The van der Waals surface area contributed by atoms with Gasteiger partial charge in [0.2, 0.25) is 5.09 Å². The van der Waals surface area contributed by atoms with E-state index in [1.165, 1.54) is 29.2 Å². The Morgan fingerprint density at radius 1 is 1.23 bits per heavy atom. The minimum atomic E-state index is -3.86. The summed E-state index contributed by atoms with van der Waals surface area (Å²) in [5, 5.41) is -0.322. The molecular weight excluding hydrogens is 359 g/mol. The van der Waals surface area contributed by atoms with Gasteiger partial charge in [-0.25, -0.2) is 17.5 Å². The van der Waals surface area contributed by atoms with Crippen molar-refractivity contribution in [3.63, 3.8) is 0 Å². The van der Waals surface area contributed by atoms with E-state index in [1.807, 2.05) is 0 Å². The fraction of sp³-hybridized carbons (Fsp3) is 0.389. The van der Waals surface area contributed by atoms with E-state index >= 15 is 0 Å². The Morgan fingerprint density at radius 3 is 2.50 bits per heavy atom. The molecule has 1 heterocycles. The maximum Gasteiger partial charge on any atom is 0.289 e. The number of halogens is 1. The molecule has 26 heavy (non-hydrogen) atoms. The lowest BCUT2D eigenvalue weighted by atomic mass is 10.1. The van der Waals surface area contributed by atoms with Gasteiger partial charge in [0.25, 0.3) is 15.9 Å². The number of hydrogen-bond acceptors (Lipinski definition) is 4. The highest BCUT2D eigenvalue weighted by Crippen LogP contribution is 2.19. The van der Waals surface area contributed by atoms with E-state index in [0.29, 0.717) is 12.1 Å². The van der Waals surface area contributed by atoms with Gasteiger partial charge in [-0.2, -0.15) is 0 Å². The van der Waals surface area contributed by atoms with Crippen LogP contribution in [0.1, 0.15) is 43.8 Å². The normalized spacial score (nSPS) is 12.2. The molecule has 0 atom stereocenters. The van der Waals surface area contributed by atoms with E-state index in [1.54, 1.807) is 39.8 Å². The second-order valence-corrected chi connectivity index (χ2v) is 8.54. The van der Waals surface area contributed by atoms with E-state index in [0.717, 1.165) is 0 Å². The van der Waals surface area contributed by atoms with Crippen LogP contribution in [0.3, 0.4) is 0 Å². The van der Waals surface area contributed by atoms with Crippen molar-refractivity contribution < 1.29 is 22.0 Å². The van der Waals surface area contributed by atoms with Gasteiger partial charge in [-0.3, -0.25) is 4.79 Å². The maximum atomic E-state index is 13.3. The summed E-state index contributed by atoms with van der Waals surface area (Å²) in [5.41, 5.74) is -0.0446. The van der Waals surface area contributed by atoms with Crippen LogP contribution in [0, 0.1) is 5.82 Å². The van der Waals surface area contributed by atoms with Crippen LogP contribution in [0.15, 0.2) is 45.9 Å². The van der Waals surface area contributed by atoms with Crippen LogP contribution in [0.2, 0.25) is 0 Å². The zero-order chi connectivity index (χ0) is 19.5. The van der Waals surface area contributed by atoms with Crippen LogP contribution in [-0.2, 0) is 16.6 Å². The lowest BCUT2D eigenvalue weighted by molar-refractivity contribution is 0.0714. The van der Waals surface area contributed by atoms with Gasteiger partial charge in [0.15, 0.2) is 5.76 Å². The van der Waals surface area contributed by atoms with E-state index < -0.39 is 21.5 Å². The standard InChI is InChI=1S/C18H23FN2O4S/c1-5-21(12-13-7-6-8-14(19)11-13)17(22)15-9-10-16(25-15)26(23,24)20-18(2,3)4/h6-11,20H,5,12H2,1-4H3. The number of amides is 1. The molecule has 0 aliphatic heterocycles. The summed E-state index contributed by atoms with van der Waals surface area (Å²) in [5.74, 6) is -0.933. The van der Waals surface area contributed by atoms with Crippen molar-refractivity contribution in [1.29, 1.82) is 0 Å². The Balaban J connectivity index is 2.20. The number of nitrogens with zero attached hydrogens (tertiary/aromatic N) is 1. The highest BCUT2D eigenvalue weighted by atomic mass is 32.2. The zero-order valence-corrected chi connectivity index (χ0v) is 16.1. The van der Waals surface area contributed by atoms with Crippen molar-refractivity contribution in [2.24, 2.45) is 0 Å². The van der Waals surface area contributed by atoms with Crippen molar-refractivity contribution in [1.82, 2.24) is 9.62 Å². The number of benzene rings is 1. The molecule has 0 unspecified atom stereocenters. The smallest absolute Gasteiger partial charge is 0.289 e. The molecule has 0 radical (unpaired) electrons. The molecule has 142 valence electrons.